The van der Waals surface area contributed by atoms with Gasteiger partial charge in [0.25, 0.3) is 0 Å². The Hall–Kier alpha value is -1.25. The predicted octanol–water partition coefficient (Wildman–Crippen LogP) is 4.06. The molecule has 1 spiro atoms. The van der Waals surface area contributed by atoms with Gasteiger partial charge < -0.3 is 10.2 Å². The van der Waals surface area contributed by atoms with Gasteiger partial charge in [-0.25, -0.2) is 0 Å². The molecule has 1 N–H and O–H groups in total. The Labute approximate surface area is 122 Å². The second kappa shape index (κ2) is 5.63. The van der Waals surface area contributed by atoms with Gasteiger partial charge in [-0.1, -0.05) is 12.8 Å². The van der Waals surface area contributed by atoms with Crippen LogP contribution >= 0.6 is 0 Å². The summed E-state index contributed by atoms with van der Waals surface area (Å²) in [4.78, 5) is 6.43. The third kappa shape index (κ3) is 2.77. The van der Waals surface area contributed by atoms with Crippen LogP contribution in [0.3, 0.4) is 0 Å². The number of pyridine rings is 1. The molecule has 1 aromatic heterocycles. The highest BCUT2D eigenvalue weighted by atomic mass is 15.1. The van der Waals surface area contributed by atoms with Gasteiger partial charge in [0.2, 0.25) is 0 Å². The molecule has 2 saturated carbocycles. The summed E-state index contributed by atoms with van der Waals surface area (Å²) in [5, 5.41) is 3.73. The maximum Gasteiger partial charge on any atom is 0.0766 e. The van der Waals surface area contributed by atoms with E-state index in [-0.39, 0.29) is 0 Å². The van der Waals surface area contributed by atoms with E-state index in [0.717, 1.165) is 5.41 Å². The zero-order valence-electron chi connectivity index (χ0n) is 12.9. The molecule has 3 nitrogen and oxygen atoms in total. The zero-order chi connectivity index (χ0) is 14.0. The summed E-state index contributed by atoms with van der Waals surface area (Å²) in [6, 6.07) is 2.72. The molecule has 0 unspecified atom stereocenters. The Morgan fingerprint density at radius 2 is 1.85 bits per heavy atom. The number of nitrogens with one attached hydrogen (secondary N) is 1. The van der Waals surface area contributed by atoms with E-state index in [1.165, 1.54) is 62.7 Å². The maximum atomic E-state index is 4.28. The summed E-state index contributed by atoms with van der Waals surface area (Å²) in [6.45, 7) is 0. The third-order valence-electron chi connectivity index (χ3n) is 5.35. The van der Waals surface area contributed by atoms with E-state index in [0.29, 0.717) is 6.04 Å². The van der Waals surface area contributed by atoms with Gasteiger partial charge in [0, 0.05) is 26.3 Å². The molecular formula is C17H27N3. The van der Waals surface area contributed by atoms with Crippen LogP contribution in [0.4, 0.5) is 11.4 Å². The molecule has 0 radical (unpaired) electrons. The molecule has 0 atom stereocenters. The van der Waals surface area contributed by atoms with Crippen LogP contribution in [0.25, 0.3) is 0 Å². The van der Waals surface area contributed by atoms with Crippen molar-refractivity contribution in [1.82, 2.24) is 4.98 Å². The lowest BCUT2D eigenvalue weighted by molar-refractivity contribution is 0.188. The smallest absolute Gasteiger partial charge is 0.0766 e. The normalized spacial score (nSPS) is 22.1. The highest BCUT2D eigenvalue weighted by molar-refractivity contribution is 5.68. The monoisotopic (exact) mass is 273 g/mol. The molecule has 0 saturated heterocycles. The highest BCUT2D eigenvalue weighted by Crippen LogP contribution is 2.49. The average Bonchev–Trinajstić information content (AvgIpc) is 2.90. The summed E-state index contributed by atoms with van der Waals surface area (Å²) in [5.74, 6) is 0. The van der Waals surface area contributed by atoms with Crippen molar-refractivity contribution in [1.29, 1.82) is 0 Å². The topological polar surface area (TPSA) is 28.2 Å². The number of hydrogen-bond acceptors (Lipinski definition) is 3. The zero-order valence-corrected chi connectivity index (χ0v) is 12.9. The Morgan fingerprint density at radius 1 is 1.15 bits per heavy atom. The van der Waals surface area contributed by atoms with Gasteiger partial charge in [0.15, 0.2) is 0 Å². The van der Waals surface area contributed by atoms with Crippen molar-refractivity contribution in [3.8, 4) is 0 Å². The molecule has 2 aliphatic rings. The first-order chi connectivity index (χ1) is 9.69. The fraction of sp³-hybridized carbons (Fsp3) is 0.706. The molecule has 1 heterocycles. The number of anilines is 2. The molecule has 0 bridgehead atoms. The van der Waals surface area contributed by atoms with Crippen molar-refractivity contribution in [3.63, 3.8) is 0 Å². The lowest BCUT2D eigenvalue weighted by Gasteiger charge is -2.38. The molecule has 20 heavy (non-hydrogen) atoms. The van der Waals surface area contributed by atoms with Gasteiger partial charge in [-0.05, 0) is 50.0 Å². The molecule has 3 rings (SSSR count). The Morgan fingerprint density at radius 3 is 2.50 bits per heavy atom. The van der Waals surface area contributed by atoms with Gasteiger partial charge in [-0.3, -0.25) is 4.98 Å². The van der Waals surface area contributed by atoms with E-state index in [9.17, 15) is 0 Å². The number of aromatic nitrogens is 1. The van der Waals surface area contributed by atoms with Gasteiger partial charge >= 0.3 is 0 Å². The lowest BCUT2D eigenvalue weighted by atomic mass is 9.71. The number of nitrogens with zero attached hydrogens (tertiary/aromatic N) is 2. The van der Waals surface area contributed by atoms with E-state index >= 15 is 0 Å². The molecule has 2 fully saturated rings. The van der Waals surface area contributed by atoms with Gasteiger partial charge in [-0.15, -0.1) is 0 Å². The number of rotatable bonds is 3. The Kier molecular flexibility index (Phi) is 3.86. The van der Waals surface area contributed by atoms with Crippen LogP contribution in [0.1, 0.15) is 51.4 Å². The van der Waals surface area contributed by atoms with Gasteiger partial charge in [0.05, 0.1) is 17.6 Å². The Balaban J connectivity index is 1.62. The van der Waals surface area contributed by atoms with Crippen molar-refractivity contribution >= 4 is 11.4 Å². The van der Waals surface area contributed by atoms with E-state index in [4.69, 9.17) is 0 Å². The third-order valence-corrected chi connectivity index (χ3v) is 5.35. The van der Waals surface area contributed by atoms with Crippen LogP contribution in [0.15, 0.2) is 18.5 Å². The first kappa shape index (κ1) is 13.7. The van der Waals surface area contributed by atoms with Gasteiger partial charge in [0.1, 0.15) is 0 Å². The van der Waals surface area contributed by atoms with Crippen molar-refractivity contribution in [2.45, 2.75) is 57.4 Å². The summed E-state index contributed by atoms with van der Waals surface area (Å²) in [5.41, 5.74) is 3.14. The van der Waals surface area contributed by atoms with Gasteiger partial charge in [-0.2, -0.15) is 0 Å². The quantitative estimate of drug-likeness (QED) is 0.900. The SMILES string of the molecule is CN(C)c1ccncc1NC1CCC2(CCCC2)CC1. The van der Waals surface area contributed by atoms with Crippen molar-refractivity contribution in [3.05, 3.63) is 18.5 Å². The molecule has 0 aliphatic heterocycles. The van der Waals surface area contributed by atoms with Crippen LogP contribution in [-0.4, -0.2) is 25.1 Å². The second-order valence-electron chi connectivity index (χ2n) is 6.91. The Bertz CT molecular complexity index is 439. The summed E-state index contributed by atoms with van der Waals surface area (Å²) in [7, 11) is 4.18. The minimum absolute atomic E-state index is 0.629. The van der Waals surface area contributed by atoms with Crippen LogP contribution in [0, 0.1) is 5.41 Å². The maximum absolute atomic E-state index is 4.28. The number of hydrogen-bond donors (Lipinski definition) is 1. The first-order valence-electron chi connectivity index (χ1n) is 8.06. The summed E-state index contributed by atoms with van der Waals surface area (Å²) in [6.07, 6.45) is 15.2. The standard InChI is InChI=1S/C17H27N3/c1-20(2)16-7-12-18-13-15(16)19-14-5-10-17(11-6-14)8-3-4-9-17/h7,12-14,19H,3-6,8-11H2,1-2H3. The van der Waals surface area contributed by atoms with E-state index in [2.05, 4.69) is 35.4 Å². The van der Waals surface area contributed by atoms with Crippen LogP contribution < -0.4 is 10.2 Å². The minimum Gasteiger partial charge on any atom is -0.379 e. The van der Waals surface area contributed by atoms with Crippen LogP contribution in [-0.2, 0) is 0 Å². The van der Waals surface area contributed by atoms with Crippen molar-refractivity contribution in [2.24, 2.45) is 5.41 Å². The fourth-order valence-corrected chi connectivity index (χ4v) is 4.11. The van der Waals surface area contributed by atoms with E-state index in [1.54, 1.807) is 0 Å². The van der Waals surface area contributed by atoms with Crippen molar-refractivity contribution < 1.29 is 0 Å². The lowest BCUT2D eigenvalue weighted by Crippen LogP contribution is -2.32. The molecule has 3 heteroatoms. The van der Waals surface area contributed by atoms with Crippen LogP contribution in [0.5, 0.6) is 0 Å². The summed E-state index contributed by atoms with van der Waals surface area (Å²) < 4.78 is 0. The molecule has 2 aliphatic carbocycles. The van der Waals surface area contributed by atoms with Crippen LogP contribution in [0.2, 0.25) is 0 Å². The largest absolute Gasteiger partial charge is 0.379 e. The molecule has 0 amide bonds. The van der Waals surface area contributed by atoms with Crippen molar-refractivity contribution in [2.75, 3.05) is 24.3 Å². The molecule has 0 aromatic carbocycles. The second-order valence-corrected chi connectivity index (χ2v) is 6.91. The molecule has 1 aromatic rings. The minimum atomic E-state index is 0.629. The highest BCUT2D eigenvalue weighted by Gasteiger charge is 2.37. The van der Waals surface area contributed by atoms with E-state index in [1.807, 2.05) is 12.4 Å². The fourth-order valence-electron chi connectivity index (χ4n) is 4.11. The first-order valence-corrected chi connectivity index (χ1v) is 8.06. The molecular weight excluding hydrogens is 246 g/mol. The average molecular weight is 273 g/mol. The predicted molar refractivity (Wildman–Crippen MR) is 85.3 cm³/mol. The summed E-state index contributed by atoms with van der Waals surface area (Å²) >= 11 is 0. The molecule has 110 valence electrons. The van der Waals surface area contributed by atoms with E-state index < -0.39 is 0 Å².